The average molecular weight is 316 g/mol. The first kappa shape index (κ1) is 14.4. The lowest BCUT2D eigenvalue weighted by molar-refractivity contribution is -0.163. The Balaban J connectivity index is 2.35. The van der Waals surface area contributed by atoms with E-state index in [1.54, 1.807) is 0 Å². The molecule has 1 heterocycles. The molecule has 1 unspecified atom stereocenters. The van der Waals surface area contributed by atoms with Crippen molar-refractivity contribution in [3.8, 4) is 0 Å². The largest absolute Gasteiger partial charge is 0.353 e. The molecule has 1 saturated heterocycles. The average Bonchev–Trinajstić information content (AvgIpc) is 2.15. The van der Waals surface area contributed by atoms with Crippen molar-refractivity contribution in [2.75, 3.05) is 13.2 Å². The predicted octanol–water partition coefficient (Wildman–Crippen LogP) is 4.07. The standard InChI is InChI=1S/C8H11Cl5O2/c9-7(10,8(11,12)13)5-15-6-3-1-2-4-14-6/h6H,1-5H2. The summed E-state index contributed by atoms with van der Waals surface area (Å²) < 4.78 is 7.29. The predicted molar refractivity (Wildman–Crippen MR) is 64.3 cm³/mol. The molecule has 0 radical (unpaired) electrons. The smallest absolute Gasteiger partial charge is 0.225 e. The second-order valence-corrected chi connectivity index (χ2v) is 7.07. The third-order valence-corrected chi connectivity index (χ3v) is 4.34. The number of alkyl halides is 5. The van der Waals surface area contributed by atoms with Crippen LogP contribution in [0.3, 0.4) is 0 Å². The van der Waals surface area contributed by atoms with Crippen molar-refractivity contribution in [2.45, 2.75) is 33.7 Å². The molecule has 0 aromatic rings. The highest BCUT2D eigenvalue weighted by Crippen LogP contribution is 2.46. The van der Waals surface area contributed by atoms with E-state index in [1.807, 2.05) is 0 Å². The molecule has 0 aromatic carbocycles. The van der Waals surface area contributed by atoms with Gasteiger partial charge in [0.2, 0.25) is 3.79 Å². The van der Waals surface area contributed by atoms with Crippen LogP contribution in [-0.2, 0) is 9.47 Å². The van der Waals surface area contributed by atoms with E-state index >= 15 is 0 Å². The van der Waals surface area contributed by atoms with Crippen LogP contribution in [0.1, 0.15) is 19.3 Å². The van der Waals surface area contributed by atoms with Crippen molar-refractivity contribution in [1.82, 2.24) is 0 Å². The van der Waals surface area contributed by atoms with Crippen molar-refractivity contribution in [2.24, 2.45) is 0 Å². The molecular formula is C8H11Cl5O2. The highest BCUT2D eigenvalue weighted by Gasteiger charge is 2.46. The molecule has 0 bridgehead atoms. The maximum Gasteiger partial charge on any atom is 0.225 e. The van der Waals surface area contributed by atoms with Gasteiger partial charge in [0.1, 0.15) is 0 Å². The van der Waals surface area contributed by atoms with Crippen molar-refractivity contribution >= 4 is 58.0 Å². The summed E-state index contributed by atoms with van der Waals surface area (Å²) >= 11 is 28.4. The molecule has 1 aliphatic heterocycles. The monoisotopic (exact) mass is 314 g/mol. The fourth-order valence-electron chi connectivity index (χ4n) is 1.12. The molecule has 0 saturated carbocycles. The van der Waals surface area contributed by atoms with Crippen LogP contribution >= 0.6 is 58.0 Å². The fraction of sp³-hybridized carbons (Fsp3) is 1.00. The minimum atomic E-state index is -1.79. The van der Waals surface area contributed by atoms with Crippen LogP contribution in [0.4, 0.5) is 0 Å². The normalized spacial score (nSPS) is 24.2. The van der Waals surface area contributed by atoms with Gasteiger partial charge >= 0.3 is 0 Å². The zero-order valence-corrected chi connectivity index (χ0v) is 11.6. The highest BCUT2D eigenvalue weighted by molar-refractivity contribution is 6.75. The minimum absolute atomic E-state index is 0.0860. The molecule has 0 aromatic heterocycles. The van der Waals surface area contributed by atoms with Crippen molar-refractivity contribution in [3.63, 3.8) is 0 Å². The van der Waals surface area contributed by atoms with Gasteiger partial charge in [-0.15, -0.1) is 0 Å². The molecule has 0 aliphatic carbocycles. The third-order valence-electron chi connectivity index (χ3n) is 2.00. The van der Waals surface area contributed by atoms with E-state index in [4.69, 9.17) is 67.5 Å². The summed E-state index contributed by atoms with van der Waals surface area (Å²) in [6.07, 6.45) is 2.60. The van der Waals surface area contributed by atoms with Gasteiger partial charge in [-0.05, 0) is 19.3 Å². The van der Waals surface area contributed by atoms with E-state index < -0.39 is 8.13 Å². The van der Waals surface area contributed by atoms with Crippen molar-refractivity contribution < 1.29 is 9.47 Å². The van der Waals surface area contributed by atoms with Gasteiger partial charge < -0.3 is 9.47 Å². The summed E-state index contributed by atoms with van der Waals surface area (Å²) in [5, 5.41) is 0. The van der Waals surface area contributed by atoms with Gasteiger partial charge in [-0.2, -0.15) is 0 Å². The zero-order valence-electron chi connectivity index (χ0n) is 7.82. The number of halogens is 5. The molecule has 1 fully saturated rings. The van der Waals surface area contributed by atoms with Crippen LogP contribution in [0.2, 0.25) is 0 Å². The molecule has 1 aliphatic rings. The van der Waals surface area contributed by atoms with Crippen LogP contribution < -0.4 is 0 Å². The van der Waals surface area contributed by atoms with Gasteiger partial charge in [0.05, 0.1) is 6.61 Å². The highest BCUT2D eigenvalue weighted by atomic mass is 35.6. The molecule has 0 spiro atoms. The summed E-state index contributed by atoms with van der Waals surface area (Å²) in [7, 11) is 0. The van der Waals surface area contributed by atoms with Crippen molar-refractivity contribution in [3.05, 3.63) is 0 Å². The third kappa shape index (κ3) is 4.63. The lowest BCUT2D eigenvalue weighted by atomic mass is 10.2. The van der Waals surface area contributed by atoms with Gasteiger partial charge in [-0.1, -0.05) is 58.0 Å². The first-order chi connectivity index (χ1) is 6.83. The van der Waals surface area contributed by atoms with E-state index in [0.29, 0.717) is 6.61 Å². The summed E-state index contributed by atoms with van der Waals surface area (Å²) in [5.41, 5.74) is 0. The Kier molecular flexibility index (Phi) is 5.59. The molecule has 15 heavy (non-hydrogen) atoms. The van der Waals surface area contributed by atoms with E-state index in [0.717, 1.165) is 19.3 Å². The van der Waals surface area contributed by atoms with Gasteiger partial charge in [-0.25, -0.2) is 0 Å². The summed E-state index contributed by atoms with van der Waals surface area (Å²) in [5.74, 6) is 0. The second-order valence-electron chi connectivity index (χ2n) is 3.31. The maximum atomic E-state index is 5.82. The first-order valence-corrected chi connectivity index (χ1v) is 6.40. The van der Waals surface area contributed by atoms with Crippen LogP contribution in [0.5, 0.6) is 0 Å². The number of hydrogen-bond donors (Lipinski definition) is 0. The van der Waals surface area contributed by atoms with Gasteiger partial charge in [0.25, 0.3) is 0 Å². The molecule has 2 nitrogen and oxygen atoms in total. The number of rotatable bonds is 3. The van der Waals surface area contributed by atoms with E-state index in [9.17, 15) is 0 Å². The minimum Gasteiger partial charge on any atom is -0.353 e. The second kappa shape index (κ2) is 5.81. The van der Waals surface area contributed by atoms with Crippen LogP contribution in [0.15, 0.2) is 0 Å². The Bertz CT molecular complexity index is 198. The van der Waals surface area contributed by atoms with Crippen LogP contribution in [0, 0.1) is 0 Å². The Morgan fingerprint density at radius 1 is 1.13 bits per heavy atom. The molecular weight excluding hydrogens is 305 g/mol. The summed E-state index contributed by atoms with van der Waals surface area (Å²) in [4.78, 5) is 0. The lowest BCUT2D eigenvalue weighted by Crippen LogP contribution is -2.38. The van der Waals surface area contributed by atoms with Crippen molar-refractivity contribution in [1.29, 1.82) is 0 Å². The Hall–Kier alpha value is 1.37. The fourth-order valence-corrected chi connectivity index (χ4v) is 1.41. The summed E-state index contributed by atoms with van der Waals surface area (Å²) in [6, 6.07) is 0. The number of ether oxygens (including phenoxy) is 2. The Morgan fingerprint density at radius 2 is 1.80 bits per heavy atom. The molecule has 7 heteroatoms. The van der Waals surface area contributed by atoms with Gasteiger partial charge in [0.15, 0.2) is 10.6 Å². The quantitative estimate of drug-likeness (QED) is 0.731. The van der Waals surface area contributed by atoms with Gasteiger partial charge in [-0.3, -0.25) is 0 Å². The molecule has 1 rings (SSSR count). The summed E-state index contributed by atoms with van der Waals surface area (Å²) in [6.45, 7) is 0.591. The van der Waals surface area contributed by atoms with Gasteiger partial charge in [0, 0.05) is 6.61 Å². The molecule has 90 valence electrons. The first-order valence-electron chi connectivity index (χ1n) is 4.51. The zero-order chi connectivity index (χ0) is 11.5. The number of hydrogen-bond acceptors (Lipinski definition) is 2. The molecule has 1 atom stereocenters. The van der Waals surface area contributed by atoms with Crippen LogP contribution in [-0.4, -0.2) is 27.6 Å². The lowest BCUT2D eigenvalue weighted by Gasteiger charge is -2.30. The van der Waals surface area contributed by atoms with Crippen LogP contribution in [0.25, 0.3) is 0 Å². The Labute approximate surface area is 114 Å². The SMILES string of the molecule is ClC(Cl)(Cl)C(Cl)(Cl)COC1CCCCO1. The van der Waals surface area contributed by atoms with E-state index in [2.05, 4.69) is 0 Å². The maximum absolute atomic E-state index is 5.82. The molecule has 0 amide bonds. The topological polar surface area (TPSA) is 18.5 Å². The Morgan fingerprint density at radius 3 is 2.27 bits per heavy atom. The molecule has 0 N–H and O–H groups in total. The van der Waals surface area contributed by atoms with E-state index in [1.165, 1.54) is 0 Å². The van der Waals surface area contributed by atoms with E-state index in [-0.39, 0.29) is 12.9 Å².